The lowest BCUT2D eigenvalue weighted by atomic mass is 9.84. The zero-order valence-electron chi connectivity index (χ0n) is 22.0. The first-order valence-electron chi connectivity index (χ1n) is 12.3. The molecule has 1 saturated carbocycles. The van der Waals surface area contributed by atoms with Crippen LogP contribution in [0.15, 0.2) is 18.2 Å². The maximum atomic E-state index is 13.0. The van der Waals surface area contributed by atoms with Crippen LogP contribution in [0, 0.1) is 5.41 Å². The van der Waals surface area contributed by atoms with Gasteiger partial charge in [0.25, 0.3) is 5.91 Å². The average Bonchev–Trinajstić information content (AvgIpc) is 3.13. The molecule has 0 bridgehead atoms. The van der Waals surface area contributed by atoms with Crippen molar-refractivity contribution in [2.75, 3.05) is 19.9 Å². The van der Waals surface area contributed by atoms with Crippen molar-refractivity contribution >= 4 is 27.3 Å². The molecule has 2 aromatic rings. The standard InChI is InChI=1S/C26H38ClN3O5S/c1-7-21-29-22(24(31)28-16-26(32)12-10-19(11-13-26)36(6,33)34)23(27)30(21)18-9-8-17(15-25(2,3)4)20(14-18)35-5/h8-9,14,19,32H,7,10-13,15-16H2,1-6H3,(H,28,31). The van der Waals surface area contributed by atoms with Gasteiger partial charge in [0.1, 0.15) is 26.6 Å². The zero-order chi connectivity index (χ0) is 26.9. The maximum Gasteiger partial charge on any atom is 0.273 e. The Bertz CT molecular complexity index is 1210. The van der Waals surface area contributed by atoms with E-state index in [0.29, 0.717) is 37.9 Å². The van der Waals surface area contributed by atoms with Gasteiger partial charge in [0.05, 0.1) is 23.6 Å². The average molecular weight is 540 g/mol. The number of nitrogens with one attached hydrogen (secondary N) is 1. The molecule has 36 heavy (non-hydrogen) atoms. The number of halogens is 1. The Kier molecular flexibility index (Phi) is 8.47. The maximum absolute atomic E-state index is 13.0. The first-order chi connectivity index (χ1) is 16.7. The van der Waals surface area contributed by atoms with Crippen molar-refractivity contribution in [2.24, 2.45) is 5.41 Å². The molecule has 200 valence electrons. The lowest BCUT2D eigenvalue weighted by Gasteiger charge is -2.35. The number of amides is 1. The largest absolute Gasteiger partial charge is 0.496 e. The van der Waals surface area contributed by atoms with Crippen LogP contribution in [0.5, 0.6) is 5.75 Å². The Morgan fingerprint density at radius 3 is 2.47 bits per heavy atom. The van der Waals surface area contributed by atoms with Gasteiger partial charge in [0.2, 0.25) is 0 Å². The van der Waals surface area contributed by atoms with Crippen LogP contribution >= 0.6 is 11.6 Å². The third-order valence-corrected chi connectivity index (χ3v) is 8.75. The summed E-state index contributed by atoms with van der Waals surface area (Å²) in [5, 5.41) is 13.4. The lowest BCUT2D eigenvalue weighted by Crippen LogP contribution is -2.47. The molecule has 0 atom stereocenters. The topological polar surface area (TPSA) is 111 Å². The number of hydrogen-bond donors (Lipinski definition) is 2. The van der Waals surface area contributed by atoms with Crippen LogP contribution in [-0.2, 0) is 22.7 Å². The van der Waals surface area contributed by atoms with E-state index in [9.17, 15) is 18.3 Å². The number of methoxy groups -OCH3 is 1. The van der Waals surface area contributed by atoms with Crippen molar-refractivity contribution in [1.82, 2.24) is 14.9 Å². The second-order valence-electron chi connectivity index (χ2n) is 11.0. The molecule has 0 saturated heterocycles. The van der Waals surface area contributed by atoms with Gasteiger partial charge in [-0.1, -0.05) is 45.4 Å². The van der Waals surface area contributed by atoms with Gasteiger partial charge in [-0.05, 0) is 49.1 Å². The number of benzene rings is 1. The van der Waals surface area contributed by atoms with E-state index in [1.54, 1.807) is 11.7 Å². The molecule has 1 aromatic carbocycles. The molecule has 1 fully saturated rings. The van der Waals surface area contributed by atoms with Crippen LogP contribution in [0.25, 0.3) is 5.69 Å². The molecule has 0 radical (unpaired) electrons. The second kappa shape index (κ2) is 10.7. The molecule has 1 heterocycles. The van der Waals surface area contributed by atoms with E-state index >= 15 is 0 Å². The number of aromatic nitrogens is 2. The van der Waals surface area contributed by atoms with Crippen LogP contribution in [0.3, 0.4) is 0 Å². The molecule has 1 amide bonds. The van der Waals surface area contributed by atoms with Crippen LogP contribution < -0.4 is 10.1 Å². The van der Waals surface area contributed by atoms with Crippen LogP contribution in [0.1, 0.15) is 75.3 Å². The highest BCUT2D eigenvalue weighted by Gasteiger charge is 2.37. The molecular weight excluding hydrogens is 502 g/mol. The number of hydrogen-bond acceptors (Lipinski definition) is 6. The van der Waals surface area contributed by atoms with E-state index in [4.69, 9.17) is 16.3 Å². The predicted molar refractivity (Wildman–Crippen MR) is 142 cm³/mol. The first kappa shape index (κ1) is 28.5. The van der Waals surface area contributed by atoms with Gasteiger partial charge in [-0.25, -0.2) is 13.4 Å². The molecule has 0 spiro atoms. The highest BCUT2D eigenvalue weighted by Crippen LogP contribution is 2.33. The van der Waals surface area contributed by atoms with E-state index in [-0.39, 0.29) is 22.8 Å². The Hall–Kier alpha value is -2.10. The summed E-state index contributed by atoms with van der Waals surface area (Å²) < 4.78 is 31.0. The van der Waals surface area contributed by atoms with Crippen molar-refractivity contribution < 1.29 is 23.1 Å². The number of aryl methyl sites for hydroxylation is 1. The Morgan fingerprint density at radius 1 is 1.31 bits per heavy atom. The van der Waals surface area contributed by atoms with Gasteiger partial charge in [-0.3, -0.25) is 9.36 Å². The van der Waals surface area contributed by atoms with E-state index in [1.165, 1.54) is 6.26 Å². The van der Waals surface area contributed by atoms with Crippen LogP contribution in [-0.4, -0.2) is 59.7 Å². The summed E-state index contributed by atoms with van der Waals surface area (Å²) in [5.41, 5.74) is 0.848. The fourth-order valence-electron chi connectivity index (χ4n) is 4.74. The van der Waals surface area contributed by atoms with E-state index in [2.05, 4.69) is 31.1 Å². The molecule has 2 N–H and O–H groups in total. The Balaban J connectivity index is 1.80. The highest BCUT2D eigenvalue weighted by molar-refractivity contribution is 7.91. The molecule has 1 aliphatic carbocycles. The predicted octanol–water partition coefficient (Wildman–Crippen LogP) is 4.13. The van der Waals surface area contributed by atoms with Crippen molar-refractivity contribution in [3.05, 3.63) is 40.4 Å². The molecule has 0 unspecified atom stereocenters. The van der Waals surface area contributed by atoms with Crippen molar-refractivity contribution in [3.63, 3.8) is 0 Å². The van der Waals surface area contributed by atoms with Crippen LogP contribution in [0.4, 0.5) is 0 Å². The van der Waals surface area contributed by atoms with Gasteiger partial charge in [-0.2, -0.15) is 0 Å². The Morgan fingerprint density at radius 2 is 1.94 bits per heavy atom. The Labute approximate surface area is 219 Å². The van der Waals surface area contributed by atoms with Crippen molar-refractivity contribution in [2.45, 2.75) is 77.1 Å². The molecule has 8 nitrogen and oxygen atoms in total. The van der Waals surface area contributed by atoms with E-state index < -0.39 is 26.6 Å². The summed E-state index contributed by atoms with van der Waals surface area (Å²) >= 11 is 6.67. The van der Waals surface area contributed by atoms with Gasteiger partial charge >= 0.3 is 0 Å². The summed E-state index contributed by atoms with van der Waals surface area (Å²) in [4.78, 5) is 17.5. The third-order valence-electron chi connectivity index (χ3n) is 6.72. The summed E-state index contributed by atoms with van der Waals surface area (Å²) in [7, 11) is -1.51. The fourth-order valence-corrected chi connectivity index (χ4v) is 6.16. The van der Waals surface area contributed by atoms with Gasteiger partial charge in [0, 0.05) is 25.3 Å². The van der Waals surface area contributed by atoms with Crippen molar-refractivity contribution in [1.29, 1.82) is 0 Å². The van der Waals surface area contributed by atoms with E-state index in [1.807, 2.05) is 25.1 Å². The summed E-state index contributed by atoms with van der Waals surface area (Å²) in [6, 6.07) is 5.86. The summed E-state index contributed by atoms with van der Waals surface area (Å²) in [5.74, 6) is 0.888. The summed E-state index contributed by atoms with van der Waals surface area (Å²) in [6.45, 7) is 8.44. The monoisotopic (exact) mass is 539 g/mol. The number of imidazole rings is 1. The number of aliphatic hydroxyl groups is 1. The number of ether oxygens (including phenoxy) is 1. The van der Waals surface area contributed by atoms with Crippen LogP contribution in [0.2, 0.25) is 5.15 Å². The number of nitrogens with zero attached hydrogens (tertiary/aromatic N) is 2. The normalized spacial score (nSPS) is 20.8. The summed E-state index contributed by atoms with van der Waals surface area (Å²) in [6.07, 6.45) is 3.96. The van der Waals surface area contributed by atoms with Gasteiger partial charge in [0.15, 0.2) is 5.69 Å². The smallest absolute Gasteiger partial charge is 0.273 e. The molecule has 0 aliphatic heterocycles. The second-order valence-corrected chi connectivity index (χ2v) is 13.7. The number of rotatable bonds is 8. The van der Waals surface area contributed by atoms with Gasteiger partial charge < -0.3 is 15.2 Å². The number of carbonyl (C=O) groups is 1. The molecule has 3 rings (SSSR count). The minimum Gasteiger partial charge on any atom is -0.496 e. The zero-order valence-corrected chi connectivity index (χ0v) is 23.6. The minimum absolute atomic E-state index is 0.00227. The molecular formula is C26H38ClN3O5S. The molecule has 10 heteroatoms. The molecule has 1 aliphatic rings. The van der Waals surface area contributed by atoms with Gasteiger partial charge in [-0.15, -0.1) is 0 Å². The van der Waals surface area contributed by atoms with E-state index in [0.717, 1.165) is 23.4 Å². The third kappa shape index (κ3) is 6.61. The lowest BCUT2D eigenvalue weighted by molar-refractivity contribution is 0.00607. The van der Waals surface area contributed by atoms with Crippen molar-refractivity contribution in [3.8, 4) is 11.4 Å². The SMILES string of the molecule is CCc1nc(C(=O)NCC2(O)CCC(S(C)(=O)=O)CC2)c(Cl)n1-c1ccc(CC(C)(C)C)c(OC)c1. The fraction of sp³-hybridized carbons (Fsp3) is 0.615. The number of carbonyl (C=O) groups excluding carboxylic acids is 1. The highest BCUT2D eigenvalue weighted by atomic mass is 35.5. The first-order valence-corrected chi connectivity index (χ1v) is 14.6. The quantitative estimate of drug-likeness (QED) is 0.522. The molecule has 1 aromatic heterocycles. The number of sulfone groups is 1. The minimum atomic E-state index is -3.14.